The van der Waals surface area contributed by atoms with E-state index in [9.17, 15) is 48.6 Å². The number of phenolic OH excluding ortho intramolecular Hbond substituents is 1. The number of H-pyrrole nitrogens is 1. The fraction of sp³-hybridized carbons (Fsp3) is 0.373. The topological polar surface area (TPSA) is 355 Å². The highest BCUT2D eigenvalue weighted by Gasteiger charge is 2.35. The number of nitrogens with two attached hydrogens (primary N) is 3. The third-order valence-corrected chi connectivity index (χ3v) is 12.9. The highest BCUT2D eigenvalue weighted by atomic mass is 32.1. The molecule has 0 radical (unpaired) electrons. The molecule has 0 aliphatic rings. The summed E-state index contributed by atoms with van der Waals surface area (Å²) in [7, 11) is 0. The van der Waals surface area contributed by atoms with Gasteiger partial charge in [0.05, 0.1) is 12.1 Å². The smallest absolute Gasteiger partial charge is 0.244 e. The van der Waals surface area contributed by atoms with E-state index in [4.69, 9.17) is 17.2 Å². The highest BCUT2D eigenvalue weighted by molar-refractivity contribution is 7.80. The second-order valence-electron chi connectivity index (χ2n) is 18.2. The molecule has 0 saturated carbocycles. The number of hydrogen-bond acceptors (Lipinski definition) is 14. The molecule has 23 heteroatoms. The number of aromatic amines is 1. The fourth-order valence-corrected chi connectivity index (χ4v) is 8.48. The van der Waals surface area contributed by atoms with E-state index in [0.717, 1.165) is 27.2 Å². The van der Waals surface area contributed by atoms with Gasteiger partial charge in [-0.3, -0.25) is 38.4 Å². The standard InChI is InChI=1S/C51H65N11O10S2/c1-26(2)42(51(72)60-41(25-74)50(71)62-43(27(3)63)44(54)65)61-48(69)39(22-52)58-47(68)38(21-32-23-55-36-11-7-6-10-34(32)36)57-46(67)37(20-28-13-16-33(64)17-14-28)56-49(70)40(24-73)59-45(66)35(53)19-29-12-15-30-8-4-5-9-31(30)18-29/h4-18,23,26-27,35,37-43,55,63-64,73-74H,19-22,24-25,52-53H2,1-3H3,(H2,54,65)(H,56,70)(H,57,67)(H,58,68)(H,59,66)(H,60,72)(H,61,69)(H,62,71)/t27-,35+,37+,38-,39?,40+,41+,42+,43+/m1/s1. The van der Waals surface area contributed by atoms with E-state index in [1.165, 1.54) is 19.1 Å². The number of aromatic nitrogens is 1. The molecule has 1 aromatic heterocycles. The van der Waals surface area contributed by atoms with E-state index in [-0.39, 0.29) is 36.5 Å². The number of fused-ring (bicyclic) bond motifs is 2. The molecule has 0 aliphatic carbocycles. The van der Waals surface area contributed by atoms with Gasteiger partial charge in [0.1, 0.15) is 48.0 Å². The van der Waals surface area contributed by atoms with E-state index in [2.05, 4.69) is 67.5 Å². The minimum absolute atomic E-state index is 0.0519. The minimum Gasteiger partial charge on any atom is -0.508 e. The quantitative estimate of drug-likeness (QED) is 0.0300. The Morgan fingerprint density at radius 2 is 1.07 bits per heavy atom. The van der Waals surface area contributed by atoms with Crippen LogP contribution in [0.5, 0.6) is 5.75 Å². The lowest BCUT2D eigenvalue weighted by molar-refractivity contribution is -0.136. The summed E-state index contributed by atoms with van der Waals surface area (Å²) in [6.07, 6.45) is 0.182. The number of hydrogen-bond donors (Lipinski definition) is 15. The van der Waals surface area contributed by atoms with Crippen LogP contribution >= 0.6 is 25.3 Å². The molecule has 0 aliphatic heterocycles. The van der Waals surface area contributed by atoms with Gasteiger partial charge in [-0.2, -0.15) is 25.3 Å². The molecule has 5 aromatic rings. The van der Waals surface area contributed by atoms with E-state index in [1.54, 1.807) is 38.2 Å². The van der Waals surface area contributed by atoms with Crippen LogP contribution in [0.4, 0.5) is 0 Å². The molecule has 5 rings (SSSR count). The van der Waals surface area contributed by atoms with Crippen molar-refractivity contribution >= 4 is 94.2 Å². The molecule has 0 saturated heterocycles. The summed E-state index contributed by atoms with van der Waals surface area (Å²) in [6, 6.07) is 15.8. The molecule has 74 heavy (non-hydrogen) atoms. The Labute approximate surface area is 438 Å². The summed E-state index contributed by atoms with van der Waals surface area (Å²) < 4.78 is 0. The molecule has 0 fully saturated rings. The second kappa shape index (κ2) is 27.2. The minimum atomic E-state index is -1.48. The maximum Gasteiger partial charge on any atom is 0.244 e. The largest absolute Gasteiger partial charge is 0.508 e. The Hall–Kier alpha value is -7.18. The first-order valence-electron chi connectivity index (χ1n) is 23.8. The Morgan fingerprint density at radius 3 is 1.66 bits per heavy atom. The SMILES string of the molecule is CC(C)[C@H](NC(=O)C(CN)NC(=O)[C@@H](Cc1c[nH]c2ccccc12)NC(=O)[C@H](Cc1ccc(O)cc1)NC(=O)[C@H](CS)NC(=O)[C@@H](N)Cc1ccc2ccccc2c1)C(=O)N[C@@H](CS)C(=O)N[C@H](C(N)=O)[C@@H](C)O. The van der Waals surface area contributed by atoms with Crippen LogP contribution in [0.2, 0.25) is 0 Å². The number of primary amides is 1. The number of aliphatic hydroxyl groups excluding tert-OH is 1. The van der Waals surface area contributed by atoms with Crippen molar-refractivity contribution in [2.45, 2.75) is 94.5 Å². The number of benzene rings is 4. The molecular weight excluding hydrogens is 991 g/mol. The van der Waals surface area contributed by atoms with Crippen LogP contribution in [0.3, 0.4) is 0 Å². The first-order valence-corrected chi connectivity index (χ1v) is 25.1. The Bertz CT molecular complexity index is 2790. The van der Waals surface area contributed by atoms with Crippen LogP contribution in [-0.2, 0) is 57.6 Å². The van der Waals surface area contributed by atoms with Gasteiger partial charge in [-0.25, -0.2) is 0 Å². The van der Waals surface area contributed by atoms with E-state index < -0.39 is 114 Å². The zero-order valence-electron chi connectivity index (χ0n) is 41.0. The molecule has 4 aromatic carbocycles. The zero-order chi connectivity index (χ0) is 54.2. The predicted molar refractivity (Wildman–Crippen MR) is 285 cm³/mol. The van der Waals surface area contributed by atoms with Gasteiger partial charge in [0.2, 0.25) is 47.3 Å². The van der Waals surface area contributed by atoms with Crippen LogP contribution < -0.4 is 54.4 Å². The van der Waals surface area contributed by atoms with Gasteiger partial charge in [-0.1, -0.05) is 86.6 Å². The highest BCUT2D eigenvalue weighted by Crippen LogP contribution is 2.21. The van der Waals surface area contributed by atoms with Crippen molar-refractivity contribution in [3.8, 4) is 5.75 Å². The Morgan fingerprint density at radius 1 is 0.568 bits per heavy atom. The van der Waals surface area contributed by atoms with Crippen molar-refractivity contribution in [2.24, 2.45) is 23.1 Å². The van der Waals surface area contributed by atoms with Gasteiger partial charge in [-0.05, 0) is 64.9 Å². The van der Waals surface area contributed by atoms with Crippen LogP contribution in [0.15, 0.2) is 97.2 Å². The average molecular weight is 1060 g/mol. The Balaban J connectivity index is 1.35. The fourth-order valence-electron chi connectivity index (χ4n) is 7.97. The number of rotatable bonds is 26. The number of aliphatic hydroxyl groups is 1. The third kappa shape index (κ3) is 15.9. The number of carbonyl (C=O) groups excluding carboxylic acids is 8. The molecule has 9 atom stereocenters. The summed E-state index contributed by atoms with van der Waals surface area (Å²) in [5.74, 6) is -7.84. The third-order valence-electron chi connectivity index (χ3n) is 12.2. The molecule has 8 amide bonds. The molecule has 0 bridgehead atoms. The van der Waals surface area contributed by atoms with Crippen LogP contribution in [0.1, 0.15) is 37.5 Å². The van der Waals surface area contributed by atoms with Crippen molar-refractivity contribution < 1.29 is 48.6 Å². The van der Waals surface area contributed by atoms with Crippen molar-refractivity contribution in [3.63, 3.8) is 0 Å². The number of carbonyl (C=O) groups is 8. The van der Waals surface area contributed by atoms with Crippen LogP contribution in [0, 0.1) is 5.92 Å². The van der Waals surface area contributed by atoms with E-state index >= 15 is 0 Å². The van der Waals surface area contributed by atoms with Crippen molar-refractivity contribution in [1.29, 1.82) is 0 Å². The molecule has 16 N–H and O–H groups in total. The Kier molecular flexibility index (Phi) is 21.2. The maximum absolute atomic E-state index is 14.6. The summed E-state index contributed by atoms with van der Waals surface area (Å²) in [4.78, 5) is 112. The molecule has 0 spiro atoms. The zero-order valence-corrected chi connectivity index (χ0v) is 42.8. The number of thiol groups is 2. The van der Waals surface area contributed by atoms with Crippen molar-refractivity contribution in [1.82, 2.24) is 42.2 Å². The molecule has 1 heterocycles. The molecule has 21 nitrogen and oxygen atoms in total. The lowest BCUT2D eigenvalue weighted by Crippen LogP contribution is -2.62. The normalized spacial score (nSPS) is 15.0. The van der Waals surface area contributed by atoms with E-state index in [1.807, 2.05) is 60.7 Å². The summed E-state index contributed by atoms with van der Waals surface area (Å²) in [5.41, 5.74) is 20.3. The average Bonchev–Trinajstić information content (AvgIpc) is 3.78. The molecule has 1 unspecified atom stereocenters. The van der Waals surface area contributed by atoms with Crippen molar-refractivity contribution in [3.05, 3.63) is 114 Å². The first-order chi connectivity index (χ1) is 35.2. The maximum atomic E-state index is 14.6. The number of amides is 8. The number of nitrogens with one attached hydrogen (secondary N) is 8. The lowest BCUT2D eigenvalue weighted by atomic mass is 10.0. The lowest BCUT2D eigenvalue weighted by Gasteiger charge is -2.28. The van der Waals surface area contributed by atoms with E-state index in [0.29, 0.717) is 11.1 Å². The molecular formula is C51H65N11O10S2. The monoisotopic (exact) mass is 1060 g/mol. The van der Waals surface area contributed by atoms with Gasteiger partial charge in [0.15, 0.2) is 0 Å². The first kappa shape index (κ1) is 57.7. The summed E-state index contributed by atoms with van der Waals surface area (Å²) in [6.45, 7) is 3.99. The van der Waals surface area contributed by atoms with Gasteiger partial charge in [0, 0.05) is 48.0 Å². The van der Waals surface area contributed by atoms with Crippen LogP contribution in [-0.4, -0.2) is 135 Å². The van der Waals surface area contributed by atoms with Gasteiger partial charge < -0.3 is 69.6 Å². The number of para-hydroxylation sites is 1. The summed E-state index contributed by atoms with van der Waals surface area (Å²) in [5, 5.41) is 40.6. The van der Waals surface area contributed by atoms with Gasteiger partial charge >= 0.3 is 0 Å². The number of aromatic hydroxyl groups is 1. The van der Waals surface area contributed by atoms with Crippen molar-refractivity contribution in [2.75, 3.05) is 18.1 Å². The van der Waals surface area contributed by atoms with Gasteiger partial charge in [0.25, 0.3) is 0 Å². The second-order valence-corrected chi connectivity index (χ2v) is 18.9. The summed E-state index contributed by atoms with van der Waals surface area (Å²) >= 11 is 8.47. The number of phenols is 1. The van der Waals surface area contributed by atoms with Crippen LogP contribution in [0.25, 0.3) is 21.7 Å². The molecule has 396 valence electrons. The van der Waals surface area contributed by atoms with Gasteiger partial charge in [-0.15, -0.1) is 0 Å². The predicted octanol–water partition coefficient (Wildman–Crippen LogP) is -0.884.